The molecule has 0 aliphatic carbocycles. The van der Waals surface area contributed by atoms with Crippen molar-refractivity contribution in [3.63, 3.8) is 0 Å². The molecule has 0 radical (unpaired) electrons. The molecule has 10 nitrogen and oxygen atoms in total. The molecule has 0 saturated heterocycles. The van der Waals surface area contributed by atoms with Gasteiger partial charge >= 0.3 is 0 Å². The molecule has 0 atom stereocenters. The van der Waals surface area contributed by atoms with E-state index in [1.54, 1.807) is 25.3 Å². The molecule has 0 unspecified atom stereocenters. The molecule has 2 amide bonds. The number of hydrogen-bond donors (Lipinski definition) is 4. The van der Waals surface area contributed by atoms with Crippen LogP contribution in [-0.4, -0.2) is 38.3 Å². The van der Waals surface area contributed by atoms with E-state index in [0.29, 0.717) is 29.3 Å². The van der Waals surface area contributed by atoms with Crippen LogP contribution in [0.15, 0.2) is 54.9 Å². The van der Waals surface area contributed by atoms with Crippen molar-refractivity contribution in [3.8, 4) is 22.5 Å². The Bertz CT molecular complexity index is 1470. The quantitative estimate of drug-likeness (QED) is 0.299. The second-order valence-corrected chi connectivity index (χ2v) is 8.19. The van der Waals surface area contributed by atoms with Crippen LogP contribution in [0.25, 0.3) is 22.5 Å². The number of aromatic nitrogens is 4. The molecule has 37 heavy (non-hydrogen) atoms. The molecule has 0 aliphatic rings. The van der Waals surface area contributed by atoms with Crippen molar-refractivity contribution in [1.29, 1.82) is 0 Å². The highest BCUT2D eigenvalue weighted by molar-refractivity contribution is 6.08. The van der Waals surface area contributed by atoms with Crippen LogP contribution in [0.3, 0.4) is 0 Å². The first kappa shape index (κ1) is 25.2. The molecule has 6 N–H and O–H groups in total. The maximum absolute atomic E-state index is 14.7. The van der Waals surface area contributed by atoms with Gasteiger partial charge in [0.2, 0.25) is 0 Å². The van der Waals surface area contributed by atoms with E-state index in [9.17, 15) is 14.0 Å². The van der Waals surface area contributed by atoms with Crippen LogP contribution >= 0.6 is 0 Å². The maximum Gasteiger partial charge on any atom is 0.276 e. The Kier molecular flexibility index (Phi) is 7.33. The van der Waals surface area contributed by atoms with E-state index in [2.05, 4.69) is 30.6 Å². The standard InChI is InChI=1S/C26H25FN8O2/c1-3-9-31-25(36)15-4-5-18(27)17(11-15)20-7-6-19(28)24(34-20)26(37)35-22-13-30-10-8-16(22)21-12-23(29)33-14(2)32-21/h4-8,10-13H,3,9,28H2,1-2H3,(H,31,36)(H,35,37)(H2,29,32,33). The highest BCUT2D eigenvalue weighted by Gasteiger charge is 2.19. The maximum atomic E-state index is 14.7. The monoisotopic (exact) mass is 500 g/mol. The van der Waals surface area contributed by atoms with E-state index in [-0.39, 0.29) is 39.9 Å². The summed E-state index contributed by atoms with van der Waals surface area (Å²) in [6.07, 6.45) is 3.78. The number of amides is 2. The number of rotatable bonds is 7. The number of aryl methyl sites for hydroxylation is 1. The van der Waals surface area contributed by atoms with Gasteiger partial charge in [-0.25, -0.2) is 19.3 Å². The zero-order valence-corrected chi connectivity index (χ0v) is 20.2. The average Bonchev–Trinajstić information content (AvgIpc) is 2.87. The van der Waals surface area contributed by atoms with Crippen molar-refractivity contribution < 1.29 is 14.0 Å². The summed E-state index contributed by atoms with van der Waals surface area (Å²) >= 11 is 0. The molecule has 0 fully saturated rings. The Hall–Kier alpha value is -4.93. The van der Waals surface area contributed by atoms with Crippen molar-refractivity contribution in [2.24, 2.45) is 0 Å². The van der Waals surface area contributed by atoms with Gasteiger partial charge in [0.15, 0.2) is 5.69 Å². The van der Waals surface area contributed by atoms with E-state index in [1.165, 1.54) is 36.5 Å². The number of pyridine rings is 2. The van der Waals surface area contributed by atoms with Crippen molar-refractivity contribution in [3.05, 3.63) is 77.8 Å². The summed E-state index contributed by atoms with van der Waals surface area (Å²) in [6.45, 7) is 4.13. The lowest BCUT2D eigenvalue weighted by molar-refractivity contribution is 0.0952. The summed E-state index contributed by atoms with van der Waals surface area (Å²) in [5.41, 5.74) is 13.8. The van der Waals surface area contributed by atoms with Gasteiger partial charge in [0, 0.05) is 35.5 Å². The first-order chi connectivity index (χ1) is 17.8. The number of benzene rings is 1. The van der Waals surface area contributed by atoms with Crippen LogP contribution < -0.4 is 22.1 Å². The summed E-state index contributed by atoms with van der Waals surface area (Å²) in [5.74, 6) is -0.814. The topological polar surface area (TPSA) is 162 Å². The average molecular weight is 501 g/mol. The minimum absolute atomic E-state index is 0.0622. The van der Waals surface area contributed by atoms with E-state index in [0.717, 1.165) is 6.42 Å². The zero-order chi connectivity index (χ0) is 26.5. The second-order valence-electron chi connectivity index (χ2n) is 8.19. The number of nitrogens with two attached hydrogens (primary N) is 2. The van der Waals surface area contributed by atoms with Gasteiger partial charge in [0.25, 0.3) is 11.8 Å². The zero-order valence-electron chi connectivity index (χ0n) is 20.2. The predicted molar refractivity (Wildman–Crippen MR) is 139 cm³/mol. The van der Waals surface area contributed by atoms with Crippen LogP contribution in [0.5, 0.6) is 0 Å². The molecule has 0 saturated carbocycles. The molecule has 3 heterocycles. The van der Waals surface area contributed by atoms with Gasteiger partial charge < -0.3 is 22.1 Å². The van der Waals surface area contributed by atoms with Crippen molar-refractivity contribution in [2.45, 2.75) is 20.3 Å². The fraction of sp³-hybridized carbons (Fsp3) is 0.154. The third kappa shape index (κ3) is 5.67. The Morgan fingerprint density at radius 3 is 2.51 bits per heavy atom. The third-order valence-electron chi connectivity index (χ3n) is 5.38. The number of nitrogen functional groups attached to an aromatic ring is 2. The van der Waals surface area contributed by atoms with Crippen molar-refractivity contribution >= 4 is 29.0 Å². The van der Waals surface area contributed by atoms with Crippen LogP contribution in [0.2, 0.25) is 0 Å². The number of carbonyl (C=O) groups is 2. The third-order valence-corrected chi connectivity index (χ3v) is 5.38. The molecule has 4 aromatic rings. The largest absolute Gasteiger partial charge is 0.397 e. The second kappa shape index (κ2) is 10.8. The van der Waals surface area contributed by atoms with Crippen LogP contribution in [0.1, 0.15) is 40.0 Å². The molecule has 1 aromatic carbocycles. The Labute approximate surface area is 212 Å². The normalized spacial score (nSPS) is 10.7. The number of carbonyl (C=O) groups excluding carboxylic acids is 2. The van der Waals surface area contributed by atoms with Crippen LogP contribution in [0.4, 0.5) is 21.6 Å². The lowest BCUT2D eigenvalue weighted by Crippen LogP contribution is -2.24. The smallest absolute Gasteiger partial charge is 0.276 e. The Morgan fingerprint density at radius 1 is 0.946 bits per heavy atom. The minimum atomic E-state index is -0.635. The first-order valence-electron chi connectivity index (χ1n) is 11.5. The molecule has 0 bridgehead atoms. The van der Waals surface area contributed by atoms with Crippen LogP contribution in [0, 0.1) is 12.7 Å². The van der Waals surface area contributed by atoms with E-state index in [4.69, 9.17) is 11.5 Å². The number of anilines is 3. The van der Waals surface area contributed by atoms with Crippen molar-refractivity contribution in [2.75, 3.05) is 23.3 Å². The van der Waals surface area contributed by atoms with Gasteiger partial charge in [0.1, 0.15) is 17.5 Å². The van der Waals surface area contributed by atoms with Gasteiger partial charge in [-0.2, -0.15) is 0 Å². The first-order valence-corrected chi connectivity index (χ1v) is 11.5. The molecule has 3 aromatic heterocycles. The summed E-state index contributed by atoms with van der Waals surface area (Å²) in [5, 5.41) is 5.50. The fourth-order valence-corrected chi connectivity index (χ4v) is 3.63. The summed E-state index contributed by atoms with van der Waals surface area (Å²) in [6, 6.07) is 10.2. The highest BCUT2D eigenvalue weighted by atomic mass is 19.1. The summed E-state index contributed by atoms with van der Waals surface area (Å²) in [4.78, 5) is 42.4. The van der Waals surface area contributed by atoms with Gasteiger partial charge in [-0.1, -0.05) is 6.92 Å². The van der Waals surface area contributed by atoms with E-state index >= 15 is 0 Å². The molecule has 4 rings (SSSR count). The van der Waals surface area contributed by atoms with E-state index in [1.807, 2.05) is 6.92 Å². The molecule has 0 spiro atoms. The van der Waals surface area contributed by atoms with Crippen molar-refractivity contribution in [1.82, 2.24) is 25.3 Å². The molecular formula is C26H25FN8O2. The lowest BCUT2D eigenvalue weighted by atomic mass is 10.1. The van der Waals surface area contributed by atoms with Gasteiger partial charge in [-0.15, -0.1) is 0 Å². The highest BCUT2D eigenvalue weighted by Crippen LogP contribution is 2.28. The fourth-order valence-electron chi connectivity index (χ4n) is 3.63. The number of nitrogens with one attached hydrogen (secondary N) is 2. The molecule has 0 aliphatic heterocycles. The lowest BCUT2D eigenvalue weighted by Gasteiger charge is -2.13. The number of hydrogen-bond acceptors (Lipinski definition) is 8. The number of halogens is 1. The van der Waals surface area contributed by atoms with Gasteiger partial charge in [0.05, 0.1) is 29.0 Å². The van der Waals surface area contributed by atoms with Crippen LogP contribution in [-0.2, 0) is 0 Å². The predicted octanol–water partition coefficient (Wildman–Crippen LogP) is 3.60. The Balaban J connectivity index is 1.67. The van der Waals surface area contributed by atoms with Gasteiger partial charge in [-0.05, 0) is 49.7 Å². The molecule has 188 valence electrons. The molecular weight excluding hydrogens is 475 g/mol. The van der Waals surface area contributed by atoms with E-state index < -0.39 is 11.7 Å². The Morgan fingerprint density at radius 2 is 1.76 bits per heavy atom. The number of nitrogens with zero attached hydrogens (tertiary/aromatic N) is 4. The minimum Gasteiger partial charge on any atom is -0.397 e. The molecule has 11 heteroatoms. The summed E-state index contributed by atoms with van der Waals surface area (Å²) < 4.78 is 14.7. The van der Waals surface area contributed by atoms with Gasteiger partial charge in [-0.3, -0.25) is 14.6 Å². The summed E-state index contributed by atoms with van der Waals surface area (Å²) in [7, 11) is 0. The SMILES string of the molecule is CCCNC(=O)c1ccc(F)c(-c2ccc(N)c(C(=O)Nc3cnccc3-c3cc(N)nc(C)n3)n2)c1.